The molecule has 1 aliphatic rings. The van der Waals surface area contributed by atoms with Crippen molar-refractivity contribution in [3.05, 3.63) is 59.4 Å². The third-order valence-electron chi connectivity index (χ3n) is 4.20. The molecule has 1 unspecified atom stereocenters. The van der Waals surface area contributed by atoms with E-state index in [1.807, 2.05) is 30.5 Å². The summed E-state index contributed by atoms with van der Waals surface area (Å²) >= 11 is 6.22. The van der Waals surface area contributed by atoms with Crippen LogP contribution in [0.3, 0.4) is 0 Å². The highest BCUT2D eigenvalue weighted by Gasteiger charge is 2.18. The zero-order valence-corrected chi connectivity index (χ0v) is 12.3. The highest BCUT2D eigenvalue weighted by Crippen LogP contribution is 2.37. The molecule has 1 atom stereocenters. The first-order valence-corrected chi connectivity index (χ1v) is 7.70. The number of allylic oxidation sites excluding steroid dienone is 2. The molecule has 3 aromatic rings. The third kappa shape index (κ3) is 2.20. The van der Waals surface area contributed by atoms with Crippen LogP contribution in [0.25, 0.3) is 21.8 Å². The number of nitrogens with zero attached hydrogens (tertiary/aromatic N) is 2. The Labute approximate surface area is 128 Å². The monoisotopic (exact) mass is 294 g/mol. The van der Waals surface area contributed by atoms with E-state index in [1.165, 1.54) is 24.8 Å². The summed E-state index contributed by atoms with van der Waals surface area (Å²) in [5, 5.41) is 3.05. The second-order valence-electron chi connectivity index (χ2n) is 5.55. The first-order chi connectivity index (χ1) is 10.3. The number of hydrogen-bond donors (Lipinski definition) is 0. The molecule has 1 aliphatic carbocycles. The lowest BCUT2D eigenvalue weighted by atomic mass is 9.85. The van der Waals surface area contributed by atoms with E-state index in [4.69, 9.17) is 16.6 Å². The Kier molecular flexibility index (Phi) is 3.12. The molecule has 0 N–H and O–H groups in total. The maximum atomic E-state index is 6.22. The number of pyridine rings is 2. The van der Waals surface area contributed by atoms with Gasteiger partial charge in [-0.05, 0) is 49.1 Å². The van der Waals surface area contributed by atoms with Gasteiger partial charge in [-0.3, -0.25) is 4.98 Å². The average molecular weight is 295 g/mol. The highest BCUT2D eigenvalue weighted by molar-refractivity contribution is 6.31. The van der Waals surface area contributed by atoms with E-state index in [-0.39, 0.29) is 0 Å². The molecular formula is C18H15ClN2. The van der Waals surface area contributed by atoms with Gasteiger partial charge in [0, 0.05) is 34.1 Å². The summed E-state index contributed by atoms with van der Waals surface area (Å²) in [6.45, 7) is 0. The summed E-state index contributed by atoms with van der Waals surface area (Å²) in [7, 11) is 0. The molecular weight excluding hydrogens is 280 g/mol. The Morgan fingerprint density at radius 3 is 2.86 bits per heavy atom. The van der Waals surface area contributed by atoms with Crippen molar-refractivity contribution in [2.75, 3.05) is 0 Å². The molecule has 21 heavy (non-hydrogen) atoms. The van der Waals surface area contributed by atoms with Crippen LogP contribution in [-0.4, -0.2) is 9.97 Å². The molecule has 0 saturated carbocycles. The molecule has 1 aromatic carbocycles. The predicted octanol–water partition coefficient (Wildman–Crippen LogP) is 5.26. The van der Waals surface area contributed by atoms with Gasteiger partial charge in [0.2, 0.25) is 0 Å². The summed E-state index contributed by atoms with van der Waals surface area (Å²) in [4.78, 5) is 9.05. The van der Waals surface area contributed by atoms with Crippen LogP contribution in [0, 0.1) is 0 Å². The molecule has 2 nitrogen and oxygen atoms in total. The maximum Gasteiger partial charge on any atom is 0.0743 e. The van der Waals surface area contributed by atoms with Crippen molar-refractivity contribution in [2.45, 2.75) is 25.2 Å². The Hall–Kier alpha value is -1.93. The van der Waals surface area contributed by atoms with Crippen molar-refractivity contribution >= 4 is 33.4 Å². The molecule has 104 valence electrons. The lowest BCUT2D eigenvalue weighted by Crippen LogP contribution is -2.02. The maximum absolute atomic E-state index is 6.22. The molecule has 0 bridgehead atoms. The SMILES string of the molecule is Clc1ccc2nc3ccncc3c(C3C=CCCC3)c2c1. The number of halogens is 1. The number of hydrogen-bond acceptors (Lipinski definition) is 2. The van der Waals surface area contributed by atoms with E-state index in [0.29, 0.717) is 5.92 Å². The van der Waals surface area contributed by atoms with Crippen LogP contribution < -0.4 is 0 Å². The van der Waals surface area contributed by atoms with Crippen molar-refractivity contribution in [3.8, 4) is 0 Å². The first kappa shape index (κ1) is 12.8. The quantitative estimate of drug-likeness (QED) is 0.452. The van der Waals surface area contributed by atoms with Crippen molar-refractivity contribution in [3.63, 3.8) is 0 Å². The Balaban J connectivity index is 2.12. The zero-order valence-electron chi connectivity index (χ0n) is 11.6. The normalized spacial score (nSPS) is 18.4. The van der Waals surface area contributed by atoms with E-state index in [2.05, 4.69) is 17.1 Å². The van der Waals surface area contributed by atoms with Crippen LogP contribution in [0.5, 0.6) is 0 Å². The first-order valence-electron chi connectivity index (χ1n) is 7.32. The molecule has 2 heterocycles. The fourth-order valence-corrected chi connectivity index (χ4v) is 3.41. The number of benzene rings is 1. The van der Waals surface area contributed by atoms with Crippen molar-refractivity contribution in [2.24, 2.45) is 0 Å². The summed E-state index contributed by atoms with van der Waals surface area (Å²) in [5.41, 5.74) is 3.34. The van der Waals surface area contributed by atoms with E-state index in [0.717, 1.165) is 26.8 Å². The topological polar surface area (TPSA) is 25.8 Å². The van der Waals surface area contributed by atoms with E-state index >= 15 is 0 Å². The van der Waals surface area contributed by atoms with Gasteiger partial charge in [0.05, 0.1) is 11.0 Å². The minimum absolute atomic E-state index is 0.425. The minimum Gasteiger partial charge on any atom is -0.264 e. The summed E-state index contributed by atoms with van der Waals surface area (Å²) in [5.74, 6) is 0.425. The van der Waals surface area contributed by atoms with Crippen molar-refractivity contribution < 1.29 is 0 Å². The fourth-order valence-electron chi connectivity index (χ4n) is 3.24. The second kappa shape index (κ2) is 5.12. The van der Waals surface area contributed by atoms with Crippen LogP contribution in [0.1, 0.15) is 30.7 Å². The molecule has 0 fully saturated rings. The van der Waals surface area contributed by atoms with E-state index < -0.39 is 0 Å². The summed E-state index contributed by atoms with van der Waals surface area (Å²) in [6, 6.07) is 7.94. The summed E-state index contributed by atoms with van der Waals surface area (Å²) in [6.07, 6.45) is 11.9. The van der Waals surface area contributed by atoms with Crippen LogP contribution in [0.2, 0.25) is 5.02 Å². The van der Waals surface area contributed by atoms with Crippen LogP contribution in [-0.2, 0) is 0 Å². The molecule has 2 aromatic heterocycles. The van der Waals surface area contributed by atoms with Gasteiger partial charge in [-0.1, -0.05) is 23.8 Å². The predicted molar refractivity (Wildman–Crippen MR) is 87.8 cm³/mol. The van der Waals surface area contributed by atoms with Gasteiger partial charge in [0.1, 0.15) is 0 Å². The van der Waals surface area contributed by atoms with Crippen LogP contribution in [0.15, 0.2) is 48.8 Å². The number of rotatable bonds is 1. The van der Waals surface area contributed by atoms with Gasteiger partial charge in [0.25, 0.3) is 0 Å². The molecule has 0 spiro atoms. The Morgan fingerprint density at radius 2 is 2.00 bits per heavy atom. The standard InChI is InChI=1S/C18H15ClN2/c19-13-6-7-16-14(10-13)18(12-4-2-1-3-5-12)15-11-20-9-8-17(15)21-16/h2,4,6-12H,1,3,5H2. The van der Waals surface area contributed by atoms with Crippen LogP contribution >= 0.6 is 11.6 Å². The van der Waals surface area contributed by atoms with E-state index in [9.17, 15) is 0 Å². The minimum atomic E-state index is 0.425. The molecule has 3 heteroatoms. The lowest BCUT2D eigenvalue weighted by Gasteiger charge is -2.20. The Bertz CT molecular complexity index is 854. The molecule has 0 aliphatic heterocycles. The van der Waals surface area contributed by atoms with Gasteiger partial charge in [-0.25, -0.2) is 4.98 Å². The number of aromatic nitrogens is 2. The van der Waals surface area contributed by atoms with Gasteiger partial charge >= 0.3 is 0 Å². The van der Waals surface area contributed by atoms with Gasteiger partial charge < -0.3 is 0 Å². The van der Waals surface area contributed by atoms with E-state index in [1.54, 1.807) is 6.20 Å². The highest BCUT2D eigenvalue weighted by atomic mass is 35.5. The van der Waals surface area contributed by atoms with Gasteiger partial charge in [0.15, 0.2) is 0 Å². The summed E-state index contributed by atoms with van der Waals surface area (Å²) < 4.78 is 0. The molecule has 0 amide bonds. The smallest absolute Gasteiger partial charge is 0.0743 e. The third-order valence-corrected chi connectivity index (χ3v) is 4.44. The van der Waals surface area contributed by atoms with Gasteiger partial charge in [-0.2, -0.15) is 0 Å². The molecule has 0 radical (unpaired) electrons. The zero-order chi connectivity index (χ0) is 14.2. The molecule has 4 rings (SSSR count). The van der Waals surface area contributed by atoms with Crippen LogP contribution in [0.4, 0.5) is 0 Å². The second-order valence-corrected chi connectivity index (χ2v) is 5.98. The van der Waals surface area contributed by atoms with Crippen molar-refractivity contribution in [1.29, 1.82) is 0 Å². The largest absolute Gasteiger partial charge is 0.264 e. The average Bonchev–Trinajstić information content (AvgIpc) is 2.53. The molecule has 0 saturated heterocycles. The lowest BCUT2D eigenvalue weighted by molar-refractivity contribution is 0.660. The van der Waals surface area contributed by atoms with Crippen molar-refractivity contribution in [1.82, 2.24) is 9.97 Å². The number of fused-ring (bicyclic) bond motifs is 2. The van der Waals surface area contributed by atoms with Gasteiger partial charge in [-0.15, -0.1) is 0 Å². The Morgan fingerprint density at radius 1 is 1.10 bits per heavy atom. The fraction of sp³-hybridized carbons (Fsp3) is 0.222.